The minimum Gasteiger partial charge on any atom is -0.446 e. The molecule has 0 spiro atoms. The van der Waals surface area contributed by atoms with E-state index in [9.17, 15) is 14.4 Å². The molecule has 0 radical (unpaired) electrons. The first-order valence-electron chi connectivity index (χ1n) is 17.3. The molecule has 2 aromatic rings. The first-order valence-corrected chi connectivity index (χ1v) is 17.3. The zero-order valence-corrected chi connectivity index (χ0v) is 28.3. The molecule has 0 aromatic heterocycles. The molecule has 11 nitrogen and oxygen atoms in total. The van der Waals surface area contributed by atoms with Crippen molar-refractivity contribution in [2.24, 2.45) is 0 Å². The fourth-order valence-electron chi connectivity index (χ4n) is 5.34. The molecule has 2 aromatic carbocycles. The molecule has 1 aliphatic heterocycles. The molecule has 2 N–H and O–H groups in total. The maximum Gasteiger partial charge on any atom is 0.407 e. The summed E-state index contributed by atoms with van der Waals surface area (Å²) in [5, 5.41) is 5.54. The van der Waals surface area contributed by atoms with Crippen LogP contribution in [0.5, 0.6) is 0 Å². The van der Waals surface area contributed by atoms with Gasteiger partial charge in [0.15, 0.2) is 0 Å². The summed E-state index contributed by atoms with van der Waals surface area (Å²) in [6, 6.07) is 15.4. The summed E-state index contributed by atoms with van der Waals surface area (Å²) in [5.74, 6) is 6.07. The third-order valence-electron chi connectivity index (χ3n) is 7.93. The molecule has 1 unspecified atom stereocenters. The van der Waals surface area contributed by atoms with Gasteiger partial charge >= 0.3 is 6.09 Å². The Labute approximate surface area is 289 Å². The van der Waals surface area contributed by atoms with Crippen LogP contribution in [0.2, 0.25) is 0 Å². The fourth-order valence-corrected chi connectivity index (χ4v) is 5.34. The lowest BCUT2D eigenvalue weighted by Gasteiger charge is -2.26. The van der Waals surface area contributed by atoms with E-state index >= 15 is 0 Å². The third-order valence-corrected chi connectivity index (χ3v) is 7.93. The summed E-state index contributed by atoms with van der Waals surface area (Å²) in [5.41, 5.74) is 3.41. The number of nitrogens with one attached hydrogen (secondary N) is 2. The highest BCUT2D eigenvalue weighted by molar-refractivity contribution is 5.96. The Hall–Kier alpha value is -4.21. The molecule has 2 aliphatic rings. The van der Waals surface area contributed by atoms with E-state index in [-0.39, 0.29) is 30.8 Å². The Morgan fingerprint density at radius 2 is 1.31 bits per heavy atom. The number of allylic oxidation sites excluding steroid dienone is 2. The van der Waals surface area contributed by atoms with Gasteiger partial charge in [0.1, 0.15) is 6.10 Å². The lowest BCUT2D eigenvalue weighted by Crippen LogP contribution is -2.34. The van der Waals surface area contributed by atoms with E-state index in [1.54, 1.807) is 4.90 Å². The molecular weight excluding hydrogens is 626 g/mol. The van der Waals surface area contributed by atoms with Gasteiger partial charge in [0.2, 0.25) is 11.8 Å². The summed E-state index contributed by atoms with van der Waals surface area (Å²) in [7, 11) is 0. The Kier molecular flexibility index (Phi) is 17.2. The number of nitrogens with zero attached hydrogens (tertiary/aromatic N) is 1. The van der Waals surface area contributed by atoms with Crippen LogP contribution in [0.3, 0.4) is 0 Å². The van der Waals surface area contributed by atoms with E-state index in [1.165, 1.54) is 0 Å². The number of carbonyl (C=O) groups excluding carboxylic acids is 3. The number of carbonyl (C=O) groups is 3. The summed E-state index contributed by atoms with van der Waals surface area (Å²) < 4.78 is 27.5. The Balaban J connectivity index is 0.945. The van der Waals surface area contributed by atoms with Gasteiger partial charge in [0.25, 0.3) is 0 Å². The summed E-state index contributed by atoms with van der Waals surface area (Å²) >= 11 is 0. The van der Waals surface area contributed by atoms with Crippen LogP contribution in [0.15, 0.2) is 60.7 Å². The molecule has 3 amide bonds. The maximum absolute atomic E-state index is 13.3. The quantitative estimate of drug-likeness (QED) is 0.127. The number of alkyl carbamates (subject to hydrolysis) is 1. The average Bonchev–Trinajstić information content (AvgIpc) is 3.09. The van der Waals surface area contributed by atoms with Crippen LogP contribution in [-0.2, 0) is 39.8 Å². The number of hydrogen-bond donors (Lipinski definition) is 2. The second-order valence-electron chi connectivity index (χ2n) is 11.6. The van der Waals surface area contributed by atoms with E-state index in [2.05, 4.69) is 34.6 Å². The van der Waals surface area contributed by atoms with Crippen molar-refractivity contribution in [1.82, 2.24) is 10.6 Å². The van der Waals surface area contributed by atoms with Crippen LogP contribution in [0.1, 0.15) is 61.6 Å². The lowest BCUT2D eigenvalue weighted by atomic mass is 10.0. The van der Waals surface area contributed by atoms with Gasteiger partial charge in [0, 0.05) is 37.1 Å². The van der Waals surface area contributed by atoms with Crippen molar-refractivity contribution in [3.8, 4) is 11.8 Å². The van der Waals surface area contributed by atoms with Gasteiger partial charge < -0.3 is 39.2 Å². The number of benzene rings is 2. The van der Waals surface area contributed by atoms with E-state index in [0.29, 0.717) is 72.5 Å². The number of amides is 3. The SMILES string of the molecule is O=C(CCC(=O)N1Cc2ccccc2C#Cc2ccccc21)NCCOCCOCCOCCOCCNC(=O)OC1CC/C=C/CCC1. The molecule has 0 saturated heterocycles. The van der Waals surface area contributed by atoms with E-state index in [1.807, 2.05) is 48.5 Å². The van der Waals surface area contributed by atoms with E-state index in [4.69, 9.17) is 23.7 Å². The van der Waals surface area contributed by atoms with Crippen LogP contribution in [0.25, 0.3) is 0 Å². The monoisotopic (exact) mass is 675 g/mol. The molecular formula is C38H49N3O8. The van der Waals surface area contributed by atoms with Crippen molar-refractivity contribution >= 4 is 23.6 Å². The molecule has 0 fully saturated rings. The fraction of sp³-hybridized carbons (Fsp3) is 0.500. The zero-order valence-electron chi connectivity index (χ0n) is 28.3. The highest BCUT2D eigenvalue weighted by Crippen LogP contribution is 2.26. The standard InChI is InChI=1S/C38H49N3O8/c42-36(18-19-37(43)41-30-33-12-7-6-10-31(33)16-17-32-11-8-9-15-35(32)41)39-20-22-45-24-26-47-28-29-48-27-25-46-23-21-40-38(44)49-34-13-4-2-1-3-5-14-34/h1-2,6-12,15,34H,3-5,13-14,18-30H2,(H,39,42)(H,40,44)/b2-1+. The normalized spacial score (nSPS) is 15.9. The molecule has 0 saturated carbocycles. The van der Waals surface area contributed by atoms with E-state index < -0.39 is 6.09 Å². The van der Waals surface area contributed by atoms with Gasteiger partial charge in [-0.3, -0.25) is 9.59 Å². The number of para-hydroxylation sites is 1. The van der Waals surface area contributed by atoms with Gasteiger partial charge in [-0.05, 0) is 55.9 Å². The second kappa shape index (κ2) is 22.4. The summed E-state index contributed by atoms with van der Waals surface area (Å²) in [4.78, 5) is 39.3. The Morgan fingerprint density at radius 3 is 2.06 bits per heavy atom. The van der Waals surface area contributed by atoms with Crippen molar-refractivity contribution in [3.05, 3.63) is 77.4 Å². The van der Waals surface area contributed by atoms with Crippen molar-refractivity contribution < 1.29 is 38.1 Å². The van der Waals surface area contributed by atoms with Gasteiger partial charge in [-0.15, -0.1) is 0 Å². The van der Waals surface area contributed by atoms with Gasteiger partial charge in [0.05, 0.1) is 65.1 Å². The number of rotatable bonds is 19. The smallest absolute Gasteiger partial charge is 0.407 e. The zero-order chi connectivity index (χ0) is 34.4. The predicted octanol–water partition coefficient (Wildman–Crippen LogP) is 4.51. The Bertz CT molecular complexity index is 1420. The largest absolute Gasteiger partial charge is 0.446 e. The van der Waals surface area contributed by atoms with Crippen molar-refractivity contribution in [1.29, 1.82) is 0 Å². The lowest BCUT2D eigenvalue weighted by molar-refractivity contribution is -0.125. The average molecular weight is 676 g/mol. The minimum absolute atomic E-state index is 0.0216. The number of hydrogen-bond acceptors (Lipinski definition) is 8. The molecule has 1 heterocycles. The molecule has 1 atom stereocenters. The first-order chi connectivity index (χ1) is 24.1. The van der Waals surface area contributed by atoms with Crippen LogP contribution in [0.4, 0.5) is 10.5 Å². The second-order valence-corrected chi connectivity index (χ2v) is 11.6. The predicted molar refractivity (Wildman–Crippen MR) is 186 cm³/mol. The molecule has 0 bridgehead atoms. The Morgan fingerprint density at radius 1 is 0.694 bits per heavy atom. The van der Waals surface area contributed by atoms with Crippen molar-refractivity contribution in [2.45, 2.75) is 57.6 Å². The van der Waals surface area contributed by atoms with E-state index in [0.717, 1.165) is 54.5 Å². The van der Waals surface area contributed by atoms with Crippen LogP contribution in [-0.4, -0.2) is 90.0 Å². The minimum atomic E-state index is -0.391. The topological polar surface area (TPSA) is 125 Å². The summed E-state index contributed by atoms with van der Waals surface area (Å²) in [6.45, 7) is 4.38. The maximum atomic E-state index is 13.3. The molecule has 4 rings (SSSR count). The number of ether oxygens (including phenoxy) is 5. The van der Waals surface area contributed by atoms with Crippen LogP contribution in [0, 0.1) is 11.8 Å². The van der Waals surface area contributed by atoms with Gasteiger partial charge in [-0.1, -0.05) is 54.3 Å². The first kappa shape index (κ1) is 37.6. The highest BCUT2D eigenvalue weighted by Gasteiger charge is 2.21. The van der Waals surface area contributed by atoms with Crippen LogP contribution < -0.4 is 15.5 Å². The van der Waals surface area contributed by atoms with Crippen molar-refractivity contribution in [2.75, 3.05) is 70.8 Å². The molecule has 11 heteroatoms. The van der Waals surface area contributed by atoms with Gasteiger partial charge in [-0.2, -0.15) is 0 Å². The molecule has 1 aliphatic carbocycles. The van der Waals surface area contributed by atoms with Crippen molar-refractivity contribution in [3.63, 3.8) is 0 Å². The van der Waals surface area contributed by atoms with Crippen LogP contribution >= 0.6 is 0 Å². The number of anilines is 1. The highest BCUT2D eigenvalue weighted by atomic mass is 16.6. The number of fused-ring (bicyclic) bond motifs is 2. The molecule has 264 valence electrons. The summed E-state index contributed by atoms with van der Waals surface area (Å²) in [6.07, 6.45) is 8.89. The third kappa shape index (κ3) is 14.4. The van der Waals surface area contributed by atoms with Gasteiger partial charge in [-0.25, -0.2) is 4.79 Å². The molecule has 49 heavy (non-hydrogen) atoms.